The number of rotatable bonds is 5. The van der Waals surface area contributed by atoms with Crippen molar-refractivity contribution in [3.63, 3.8) is 0 Å². The Morgan fingerprint density at radius 3 is 2.79 bits per heavy atom. The van der Waals surface area contributed by atoms with E-state index in [1.807, 2.05) is 6.92 Å². The second-order valence-corrected chi connectivity index (χ2v) is 5.57. The topological polar surface area (TPSA) is 26.3 Å². The van der Waals surface area contributed by atoms with E-state index in [4.69, 9.17) is 16.3 Å². The predicted molar refractivity (Wildman–Crippen MR) is 77.5 cm³/mol. The maximum atomic E-state index is 11.3. The quantitative estimate of drug-likeness (QED) is 0.597. The van der Waals surface area contributed by atoms with Crippen molar-refractivity contribution in [2.75, 3.05) is 6.61 Å². The molecule has 1 aromatic rings. The van der Waals surface area contributed by atoms with Crippen LogP contribution in [0.3, 0.4) is 0 Å². The van der Waals surface area contributed by atoms with Crippen LogP contribution in [0.25, 0.3) is 0 Å². The van der Waals surface area contributed by atoms with Crippen molar-refractivity contribution in [1.29, 1.82) is 0 Å². The Morgan fingerprint density at radius 1 is 1.32 bits per heavy atom. The molecule has 0 N–H and O–H groups in total. The lowest BCUT2D eigenvalue weighted by molar-refractivity contribution is -0.143. The number of hydrogen-bond acceptors (Lipinski definition) is 2. The fourth-order valence-corrected chi connectivity index (χ4v) is 2.84. The van der Waals surface area contributed by atoms with Gasteiger partial charge in [-0.1, -0.05) is 18.2 Å². The van der Waals surface area contributed by atoms with E-state index in [-0.39, 0.29) is 11.3 Å². The van der Waals surface area contributed by atoms with E-state index >= 15 is 0 Å². The molecule has 0 radical (unpaired) electrons. The number of halogens is 1. The maximum absolute atomic E-state index is 11.3. The van der Waals surface area contributed by atoms with Gasteiger partial charge in [0.25, 0.3) is 0 Å². The average Bonchev–Trinajstić information content (AvgIpc) is 2.44. The summed E-state index contributed by atoms with van der Waals surface area (Å²) in [6.07, 6.45) is 5.93. The van der Waals surface area contributed by atoms with E-state index in [0.29, 0.717) is 19.4 Å². The third-order valence-corrected chi connectivity index (χ3v) is 4.11. The number of aryl methyl sites for hydroxylation is 2. The third-order valence-electron chi connectivity index (χ3n) is 3.64. The van der Waals surface area contributed by atoms with E-state index in [1.165, 1.54) is 30.4 Å². The van der Waals surface area contributed by atoms with Crippen molar-refractivity contribution in [3.05, 3.63) is 34.9 Å². The summed E-state index contributed by atoms with van der Waals surface area (Å²) in [7, 11) is 0. The summed E-state index contributed by atoms with van der Waals surface area (Å²) in [5, 5.41) is -0.100. The number of esters is 1. The molecule has 2 nitrogen and oxygen atoms in total. The molecule has 0 bridgehead atoms. The van der Waals surface area contributed by atoms with Crippen molar-refractivity contribution in [2.24, 2.45) is 0 Å². The monoisotopic (exact) mass is 280 g/mol. The van der Waals surface area contributed by atoms with Crippen LogP contribution in [0.5, 0.6) is 0 Å². The van der Waals surface area contributed by atoms with Gasteiger partial charge >= 0.3 is 5.97 Å². The summed E-state index contributed by atoms with van der Waals surface area (Å²) in [6, 6.07) is 6.52. The highest BCUT2D eigenvalue weighted by atomic mass is 35.5. The van der Waals surface area contributed by atoms with Crippen LogP contribution in [-0.4, -0.2) is 12.6 Å². The van der Waals surface area contributed by atoms with Gasteiger partial charge in [0.1, 0.15) is 0 Å². The molecule has 19 heavy (non-hydrogen) atoms. The van der Waals surface area contributed by atoms with Crippen molar-refractivity contribution >= 4 is 17.6 Å². The Morgan fingerprint density at radius 2 is 2.05 bits per heavy atom. The van der Waals surface area contributed by atoms with Gasteiger partial charge in [0.15, 0.2) is 0 Å². The van der Waals surface area contributed by atoms with E-state index in [9.17, 15) is 4.79 Å². The molecule has 0 saturated carbocycles. The number of ether oxygens (including phenoxy) is 1. The molecule has 2 rings (SSSR count). The fourth-order valence-electron chi connectivity index (χ4n) is 2.59. The first-order chi connectivity index (χ1) is 9.20. The molecule has 1 aromatic carbocycles. The maximum Gasteiger partial charge on any atom is 0.305 e. The van der Waals surface area contributed by atoms with Gasteiger partial charge in [-0.3, -0.25) is 4.79 Å². The summed E-state index contributed by atoms with van der Waals surface area (Å²) < 4.78 is 4.92. The smallest absolute Gasteiger partial charge is 0.305 e. The Balaban J connectivity index is 1.95. The second kappa shape index (κ2) is 6.95. The second-order valence-electron chi connectivity index (χ2n) is 5.05. The van der Waals surface area contributed by atoms with Crippen LogP contribution >= 0.6 is 11.6 Å². The minimum Gasteiger partial charge on any atom is -0.466 e. The van der Waals surface area contributed by atoms with E-state index in [0.717, 1.165) is 12.0 Å². The average molecular weight is 281 g/mol. The fraction of sp³-hybridized carbons (Fsp3) is 0.562. The highest BCUT2D eigenvalue weighted by Gasteiger charge is 2.15. The predicted octanol–water partition coefficient (Wildman–Crippen LogP) is 4.19. The van der Waals surface area contributed by atoms with Crippen LogP contribution in [0.4, 0.5) is 0 Å². The summed E-state index contributed by atoms with van der Waals surface area (Å²) in [4.78, 5) is 11.3. The van der Waals surface area contributed by atoms with Crippen LogP contribution in [0.2, 0.25) is 0 Å². The lowest BCUT2D eigenvalue weighted by Gasteiger charge is -2.18. The lowest BCUT2D eigenvalue weighted by atomic mass is 9.89. The van der Waals surface area contributed by atoms with Crippen LogP contribution in [0.1, 0.15) is 54.7 Å². The Hall–Kier alpha value is -1.02. The molecular formula is C16H21ClO2. The zero-order chi connectivity index (χ0) is 13.7. The molecule has 0 aromatic heterocycles. The molecule has 0 saturated heterocycles. The lowest BCUT2D eigenvalue weighted by Crippen LogP contribution is -2.06. The molecule has 0 heterocycles. The van der Waals surface area contributed by atoms with E-state index < -0.39 is 0 Å². The largest absolute Gasteiger partial charge is 0.466 e. The minimum absolute atomic E-state index is 0.100. The van der Waals surface area contributed by atoms with Crippen LogP contribution in [-0.2, 0) is 22.4 Å². The summed E-state index contributed by atoms with van der Waals surface area (Å²) in [5.74, 6) is -0.161. The first-order valence-corrected chi connectivity index (χ1v) is 7.55. The molecule has 104 valence electrons. The van der Waals surface area contributed by atoms with Gasteiger partial charge in [-0.05, 0) is 55.7 Å². The molecule has 0 amide bonds. The van der Waals surface area contributed by atoms with Gasteiger partial charge < -0.3 is 4.74 Å². The number of hydrogen-bond donors (Lipinski definition) is 0. The van der Waals surface area contributed by atoms with Crippen molar-refractivity contribution in [3.8, 4) is 0 Å². The van der Waals surface area contributed by atoms with Crippen molar-refractivity contribution < 1.29 is 9.53 Å². The molecule has 1 unspecified atom stereocenters. The first-order valence-electron chi connectivity index (χ1n) is 7.12. The molecule has 3 heteroatoms. The molecule has 1 aliphatic rings. The highest BCUT2D eigenvalue weighted by Crippen LogP contribution is 2.30. The molecule has 0 fully saturated rings. The number of fused-ring (bicyclic) bond motifs is 1. The SMILES string of the molecule is CCOC(=O)CCC(Cl)c1ccc2c(c1)CCCC2. The van der Waals surface area contributed by atoms with Gasteiger partial charge in [0, 0.05) is 6.42 Å². The van der Waals surface area contributed by atoms with Gasteiger partial charge in [0.05, 0.1) is 12.0 Å². The van der Waals surface area contributed by atoms with Gasteiger partial charge in [-0.25, -0.2) is 0 Å². The van der Waals surface area contributed by atoms with Crippen LogP contribution < -0.4 is 0 Å². The van der Waals surface area contributed by atoms with Gasteiger partial charge in [-0.2, -0.15) is 0 Å². The zero-order valence-electron chi connectivity index (χ0n) is 11.5. The highest BCUT2D eigenvalue weighted by molar-refractivity contribution is 6.20. The van der Waals surface area contributed by atoms with E-state index in [1.54, 1.807) is 0 Å². The Kier molecular flexibility index (Phi) is 5.26. The first kappa shape index (κ1) is 14.4. The Labute approximate surface area is 120 Å². The summed E-state index contributed by atoms with van der Waals surface area (Å²) in [5.41, 5.74) is 4.03. The molecule has 1 aliphatic carbocycles. The summed E-state index contributed by atoms with van der Waals surface area (Å²) >= 11 is 6.39. The molecule has 0 aliphatic heterocycles. The van der Waals surface area contributed by atoms with Gasteiger partial charge in [-0.15, -0.1) is 11.6 Å². The van der Waals surface area contributed by atoms with E-state index in [2.05, 4.69) is 18.2 Å². The number of carbonyl (C=O) groups is 1. The van der Waals surface area contributed by atoms with Gasteiger partial charge in [0.2, 0.25) is 0 Å². The standard InChI is InChI=1S/C16H21ClO2/c1-2-19-16(18)10-9-15(17)14-8-7-12-5-3-4-6-13(12)11-14/h7-8,11,15H,2-6,9-10H2,1H3. The molecular weight excluding hydrogens is 260 g/mol. The van der Waals surface area contributed by atoms with Crippen LogP contribution in [0, 0.1) is 0 Å². The van der Waals surface area contributed by atoms with Crippen molar-refractivity contribution in [1.82, 2.24) is 0 Å². The Bertz CT molecular complexity index is 442. The van der Waals surface area contributed by atoms with Crippen LogP contribution in [0.15, 0.2) is 18.2 Å². The normalized spacial score (nSPS) is 15.7. The zero-order valence-corrected chi connectivity index (χ0v) is 12.2. The van der Waals surface area contributed by atoms with Crippen molar-refractivity contribution in [2.45, 2.75) is 50.8 Å². The number of benzene rings is 1. The molecule has 0 spiro atoms. The number of alkyl halides is 1. The number of carbonyl (C=O) groups excluding carboxylic acids is 1. The minimum atomic E-state index is -0.161. The third kappa shape index (κ3) is 3.97. The molecule has 1 atom stereocenters. The summed E-state index contributed by atoms with van der Waals surface area (Å²) in [6.45, 7) is 2.25.